The normalized spacial score (nSPS) is 13.7. The van der Waals surface area contributed by atoms with E-state index in [0.717, 1.165) is 5.56 Å². The molecule has 0 aliphatic carbocycles. The molecule has 0 fully saturated rings. The third-order valence-corrected chi connectivity index (χ3v) is 6.83. The molecule has 3 aromatic carbocycles. The quantitative estimate of drug-likeness (QED) is 0.188. The molecule has 3 aromatic rings. The number of aliphatic hydroxyl groups excluding tert-OH is 1. The van der Waals surface area contributed by atoms with Crippen molar-refractivity contribution in [3.63, 3.8) is 0 Å². The van der Waals surface area contributed by atoms with Gasteiger partial charge in [-0.15, -0.1) is 0 Å². The van der Waals surface area contributed by atoms with E-state index in [-0.39, 0.29) is 11.5 Å². The van der Waals surface area contributed by atoms with Gasteiger partial charge in [-0.2, -0.15) is 0 Å². The minimum atomic E-state index is -4.07. The molecule has 2 N–H and O–H groups in total. The Bertz CT molecular complexity index is 1330. The Kier molecular flexibility index (Phi) is 8.36. The number of carbonyl (C=O) groups is 1. The number of ether oxygens (including phenoxy) is 1. The van der Waals surface area contributed by atoms with Crippen molar-refractivity contribution in [2.24, 2.45) is 0 Å². The molecule has 0 aliphatic rings. The Morgan fingerprint density at radius 3 is 2.03 bits per heavy atom. The highest BCUT2D eigenvalue weighted by Crippen LogP contribution is 2.38. The van der Waals surface area contributed by atoms with Crippen molar-refractivity contribution in [2.45, 2.75) is 30.7 Å². The average molecular weight is 493 g/mol. The third kappa shape index (κ3) is 6.12. The van der Waals surface area contributed by atoms with Crippen molar-refractivity contribution >= 4 is 16.0 Å². The Balaban J connectivity index is 2.22. The second-order valence-electron chi connectivity index (χ2n) is 7.77. The molecular weight excluding hydrogens is 466 g/mol. The SMILES string of the molecule is CCOC(=O)/C([N+]#N)=C(\O)C(c1ccccc1)C(NS(=O)(=O)c1ccc(C)cc1)c1ccccc1. The van der Waals surface area contributed by atoms with Crippen LogP contribution in [0.3, 0.4) is 0 Å². The van der Waals surface area contributed by atoms with Gasteiger partial charge in [-0.3, -0.25) is 0 Å². The maximum Gasteiger partial charge on any atom is 0.505 e. The molecule has 9 heteroatoms. The van der Waals surface area contributed by atoms with Crippen molar-refractivity contribution in [3.05, 3.63) is 118 Å². The maximum atomic E-state index is 13.4. The van der Waals surface area contributed by atoms with Crippen LogP contribution >= 0.6 is 0 Å². The molecule has 8 nitrogen and oxygen atoms in total. The number of diazo groups is 1. The standard InChI is InChI=1S/C26H25N3O5S/c1-3-34-26(31)24(28-27)25(30)22(19-10-6-4-7-11-19)23(20-12-8-5-9-13-20)29-35(32,33)21-16-14-18(2)15-17-21/h4-17,22-23,29H,3H2,1-2H3/p+1. The van der Waals surface area contributed by atoms with Gasteiger partial charge in [0.05, 0.1) is 23.5 Å². The molecule has 0 amide bonds. The number of rotatable bonds is 9. The van der Waals surface area contributed by atoms with Crippen molar-refractivity contribution in [2.75, 3.05) is 6.61 Å². The first kappa shape index (κ1) is 25.6. The summed E-state index contributed by atoms with van der Waals surface area (Å²) in [4.78, 5) is 15.4. The number of carbonyl (C=O) groups excluding carboxylic acids is 1. The molecule has 0 saturated carbocycles. The predicted octanol–water partition coefficient (Wildman–Crippen LogP) is 4.98. The summed E-state index contributed by atoms with van der Waals surface area (Å²) in [5, 5.41) is 20.8. The minimum absolute atomic E-state index is 0.0106. The van der Waals surface area contributed by atoms with E-state index in [1.807, 2.05) is 6.92 Å². The highest BCUT2D eigenvalue weighted by atomic mass is 32.2. The van der Waals surface area contributed by atoms with Crippen LogP contribution in [0.25, 0.3) is 4.98 Å². The zero-order chi connectivity index (χ0) is 25.4. The summed E-state index contributed by atoms with van der Waals surface area (Å²) >= 11 is 0. The van der Waals surface area contributed by atoms with E-state index in [4.69, 9.17) is 4.74 Å². The second-order valence-corrected chi connectivity index (χ2v) is 9.48. The van der Waals surface area contributed by atoms with Crippen LogP contribution in [0, 0.1) is 12.3 Å². The van der Waals surface area contributed by atoms with Crippen LogP contribution in [-0.4, -0.2) is 26.1 Å². The van der Waals surface area contributed by atoms with Crippen LogP contribution in [0.1, 0.15) is 35.6 Å². The zero-order valence-electron chi connectivity index (χ0n) is 19.3. The fourth-order valence-corrected chi connectivity index (χ4v) is 4.89. The van der Waals surface area contributed by atoms with Gasteiger partial charge in [0.1, 0.15) is 0 Å². The lowest BCUT2D eigenvalue weighted by Crippen LogP contribution is -2.34. The monoisotopic (exact) mass is 492 g/mol. The summed E-state index contributed by atoms with van der Waals surface area (Å²) in [6, 6.07) is 22.4. The van der Waals surface area contributed by atoms with Crippen molar-refractivity contribution in [1.29, 1.82) is 5.39 Å². The first-order valence-corrected chi connectivity index (χ1v) is 12.4. The van der Waals surface area contributed by atoms with Crippen LogP contribution in [0.2, 0.25) is 0 Å². The number of aryl methyl sites for hydroxylation is 1. The van der Waals surface area contributed by atoms with Gasteiger partial charge in [0.25, 0.3) is 0 Å². The molecule has 0 saturated heterocycles. The van der Waals surface area contributed by atoms with Crippen LogP contribution < -0.4 is 4.72 Å². The van der Waals surface area contributed by atoms with E-state index < -0.39 is 39.4 Å². The summed E-state index contributed by atoms with van der Waals surface area (Å²) in [5.41, 5.74) is 1.19. The number of hydrogen-bond donors (Lipinski definition) is 2. The molecule has 2 atom stereocenters. The molecule has 3 rings (SSSR count). The summed E-state index contributed by atoms with van der Waals surface area (Å²) in [7, 11) is -4.07. The molecule has 35 heavy (non-hydrogen) atoms. The summed E-state index contributed by atoms with van der Waals surface area (Å²) in [5.74, 6) is -2.81. The van der Waals surface area contributed by atoms with E-state index in [2.05, 4.69) is 9.70 Å². The minimum Gasteiger partial charge on any atom is -0.504 e. The summed E-state index contributed by atoms with van der Waals surface area (Å²) in [6.07, 6.45) is 0. The van der Waals surface area contributed by atoms with E-state index in [0.29, 0.717) is 11.1 Å². The molecule has 0 heterocycles. The molecular formula is C26H26N3O5S+. The van der Waals surface area contributed by atoms with Gasteiger partial charge in [-0.1, -0.05) is 78.4 Å². The van der Waals surface area contributed by atoms with Gasteiger partial charge in [0, 0.05) is 0 Å². The summed E-state index contributed by atoms with van der Waals surface area (Å²) < 4.78 is 34.4. The zero-order valence-corrected chi connectivity index (χ0v) is 20.1. The Morgan fingerprint density at radius 2 is 1.51 bits per heavy atom. The number of nitrogens with zero attached hydrogens (tertiary/aromatic N) is 2. The third-order valence-electron chi connectivity index (χ3n) is 5.37. The second kappa shape index (κ2) is 11.4. The first-order chi connectivity index (χ1) is 16.8. The number of aliphatic hydroxyl groups is 1. The van der Waals surface area contributed by atoms with Crippen LogP contribution in [0.4, 0.5) is 0 Å². The van der Waals surface area contributed by atoms with E-state index in [1.54, 1.807) is 79.7 Å². The molecule has 0 radical (unpaired) electrons. The lowest BCUT2D eigenvalue weighted by Gasteiger charge is -2.27. The smallest absolute Gasteiger partial charge is 0.504 e. The number of sulfonamides is 1. The lowest BCUT2D eigenvalue weighted by atomic mass is 9.85. The van der Waals surface area contributed by atoms with Crippen molar-refractivity contribution < 1.29 is 23.1 Å². The van der Waals surface area contributed by atoms with Crippen LogP contribution in [-0.2, 0) is 19.6 Å². The molecule has 0 aliphatic heterocycles. The average Bonchev–Trinajstić information content (AvgIpc) is 2.85. The van der Waals surface area contributed by atoms with Gasteiger partial charge >= 0.3 is 11.7 Å². The Morgan fingerprint density at radius 1 is 0.971 bits per heavy atom. The number of hydrogen-bond acceptors (Lipinski definition) is 6. The lowest BCUT2D eigenvalue weighted by molar-refractivity contribution is -0.138. The molecule has 0 spiro atoms. The summed E-state index contributed by atoms with van der Waals surface area (Å²) in [6.45, 7) is 3.41. The van der Waals surface area contributed by atoms with Crippen molar-refractivity contribution in [3.8, 4) is 0 Å². The topological polar surface area (TPSA) is 121 Å². The number of esters is 1. The molecule has 2 unspecified atom stereocenters. The fraction of sp³-hybridized carbons (Fsp3) is 0.192. The highest BCUT2D eigenvalue weighted by molar-refractivity contribution is 7.89. The maximum absolute atomic E-state index is 13.4. The Hall–Kier alpha value is -4.00. The largest absolute Gasteiger partial charge is 0.505 e. The van der Waals surface area contributed by atoms with E-state index in [1.165, 1.54) is 12.1 Å². The van der Waals surface area contributed by atoms with Gasteiger partial charge in [0.2, 0.25) is 21.2 Å². The van der Waals surface area contributed by atoms with Crippen LogP contribution in [0.15, 0.2) is 101 Å². The van der Waals surface area contributed by atoms with Gasteiger partial charge < -0.3 is 9.84 Å². The van der Waals surface area contributed by atoms with E-state index in [9.17, 15) is 23.7 Å². The van der Waals surface area contributed by atoms with Gasteiger partial charge in [-0.05, 0) is 37.1 Å². The van der Waals surface area contributed by atoms with Crippen molar-refractivity contribution in [1.82, 2.24) is 4.72 Å². The van der Waals surface area contributed by atoms with Gasteiger partial charge in [-0.25, -0.2) is 17.9 Å². The van der Waals surface area contributed by atoms with Gasteiger partial charge in [0.15, 0.2) is 4.98 Å². The number of benzene rings is 3. The molecule has 0 aromatic heterocycles. The number of nitrogens with one attached hydrogen (secondary N) is 1. The first-order valence-electron chi connectivity index (χ1n) is 10.9. The molecule has 0 bridgehead atoms. The van der Waals surface area contributed by atoms with E-state index >= 15 is 0 Å². The predicted molar refractivity (Wildman–Crippen MR) is 131 cm³/mol. The Labute approximate surface area is 204 Å². The van der Waals surface area contributed by atoms with Crippen LogP contribution in [0.5, 0.6) is 0 Å². The fourth-order valence-electron chi connectivity index (χ4n) is 3.65. The molecule has 180 valence electrons. The highest BCUT2D eigenvalue weighted by Gasteiger charge is 2.41.